The van der Waals surface area contributed by atoms with Crippen molar-refractivity contribution in [2.45, 2.75) is 19.9 Å². The van der Waals surface area contributed by atoms with Crippen molar-refractivity contribution in [2.24, 2.45) is 5.92 Å². The summed E-state index contributed by atoms with van der Waals surface area (Å²) in [6.45, 7) is 4.12. The fourth-order valence-electron chi connectivity index (χ4n) is 2.53. The summed E-state index contributed by atoms with van der Waals surface area (Å²) >= 11 is 1.61. The van der Waals surface area contributed by atoms with E-state index in [1.807, 2.05) is 17.5 Å². The van der Waals surface area contributed by atoms with Crippen LogP contribution in [0.5, 0.6) is 0 Å². The quantitative estimate of drug-likeness (QED) is 0.773. The molecular formula is C17H17N3O2S. The average Bonchev–Trinajstić information content (AvgIpc) is 3.06. The number of rotatable bonds is 4. The third-order valence-electron chi connectivity index (χ3n) is 3.71. The van der Waals surface area contributed by atoms with Gasteiger partial charge in [-0.1, -0.05) is 38.1 Å². The number of aromatic nitrogens is 2. The number of hydrogen-bond donors (Lipinski definition) is 2. The Hall–Kier alpha value is -2.47. The van der Waals surface area contributed by atoms with Crippen molar-refractivity contribution in [3.8, 4) is 0 Å². The molecule has 0 fully saturated rings. The van der Waals surface area contributed by atoms with Gasteiger partial charge in [0.25, 0.3) is 11.5 Å². The van der Waals surface area contributed by atoms with Crippen LogP contribution in [0.4, 0.5) is 0 Å². The van der Waals surface area contributed by atoms with Gasteiger partial charge < -0.3 is 5.32 Å². The van der Waals surface area contributed by atoms with Gasteiger partial charge in [0.1, 0.15) is 0 Å². The third kappa shape index (κ3) is 3.03. The Labute approximate surface area is 137 Å². The van der Waals surface area contributed by atoms with Crippen LogP contribution >= 0.6 is 11.3 Å². The minimum Gasteiger partial charge on any atom is -0.343 e. The lowest BCUT2D eigenvalue weighted by Crippen LogP contribution is -2.32. The van der Waals surface area contributed by atoms with Crippen molar-refractivity contribution >= 4 is 28.0 Å². The van der Waals surface area contributed by atoms with Crippen molar-refractivity contribution < 1.29 is 4.79 Å². The Morgan fingerprint density at radius 1 is 1.17 bits per heavy atom. The molecule has 118 valence electrons. The number of aromatic amines is 1. The molecule has 0 aliphatic heterocycles. The van der Waals surface area contributed by atoms with Crippen LogP contribution in [-0.2, 0) is 0 Å². The van der Waals surface area contributed by atoms with E-state index in [9.17, 15) is 9.59 Å². The second-order valence-corrected chi connectivity index (χ2v) is 6.64. The Morgan fingerprint density at radius 2 is 1.91 bits per heavy atom. The number of amides is 1. The number of nitrogens with zero attached hydrogens (tertiary/aromatic N) is 1. The Morgan fingerprint density at radius 3 is 2.57 bits per heavy atom. The predicted molar refractivity (Wildman–Crippen MR) is 91.7 cm³/mol. The summed E-state index contributed by atoms with van der Waals surface area (Å²) < 4.78 is 0. The van der Waals surface area contributed by atoms with E-state index in [1.54, 1.807) is 35.6 Å². The standard InChI is InChI=1S/C17H17N3O2S/c1-10(2)14(13-8-5-9-23-13)18-17(22)15-11-6-3-4-7-12(11)16(21)20-19-15/h3-10,14H,1-2H3,(H,18,22)(H,20,21). The van der Waals surface area contributed by atoms with Crippen molar-refractivity contribution in [1.82, 2.24) is 15.5 Å². The summed E-state index contributed by atoms with van der Waals surface area (Å²) in [6.07, 6.45) is 0. The molecule has 1 aromatic carbocycles. The fraction of sp³-hybridized carbons (Fsp3) is 0.235. The van der Waals surface area contributed by atoms with Crippen LogP contribution < -0.4 is 10.9 Å². The second kappa shape index (κ2) is 6.34. The second-order valence-electron chi connectivity index (χ2n) is 5.66. The monoisotopic (exact) mass is 327 g/mol. The van der Waals surface area contributed by atoms with E-state index in [0.29, 0.717) is 10.8 Å². The zero-order valence-corrected chi connectivity index (χ0v) is 13.7. The molecule has 3 rings (SSSR count). The highest BCUT2D eigenvalue weighted by Crippen LogP contribution is 2.26. The normalized spacial score (nSPS) is 12.5. The molecule has 3 aromatic rings. The Kier molecular flexibility index (Phi) is 4.25. The number of H-pyrrole nitrogens is 1. The van der Waals surface area contributed by atoms with Gasteiger partial charge in [0, 0.05) is 10.3 Å². The molecule has 6 heteroatoms. The van der Waals surface area contributed by atoms with Crippen molar-refractivity contribution in [2.75, 3.05) is 0 Å². The molecule has 0 aliphatic carbocycles. The van der Waals surface area contributed by atoms with E-state index >= 15 is 0 Å². The third-order valence-corrected chi connectivity index (χ3v) is 4.67. The Bertz CT molecular complexity index is 884. The van der Waals surface area contributed by atoms with E-state index in [1.165, 1.54) is 0 Å². The summed E-state index contributed by atoms with van der Waals surface area (Å²) in [5.41, 5.74) is -0.0572. The Balaban J connectivity index is 1.98. The van der Waals surface area contributed by atoms with Crippen LogP contribution in [0.1, 0.15) is 35.3 Å². The van der Waals surface area contributed by atoms with Gasteiger partial charge in [-0.2, -0.15) is 5.10 Å². The fourth-order valence-corrected chi connectivity index (χ4v) is 3.48. The molecule has 0 spiro atoms. The maximum absolute atomic E-state index is 12.7. The summed E-state index contributed by atoms with van der Waals surface area (Å²) in [5, 5.41) is 12.4. The zero-order valence-electron chi connectivity index (χ0n) is 12.9. The highest BCUT2D eigenvalue weighted by Gasteiger charge is 2.22. The smallest absolute Gasteiger partial charge is 0.272 e. The van der Waals surface area contributed by atoms with Crippen LogP contribution in [0.15, 0.2) is 46.6 Å². The minimum atomic E-state index is -0.296. The first kappa shape index (κ1) is 15.4. The van der Waals surface area contributed by atoms with Crippen molar-refractivity contribution in [3.05, 3.63) is 62.7 Å². The van der Waals surface area contributed by atoms with Gasteiger partial charge in [0.2, 0.25) is 0 Å². The summed E-state index contributed by atoms with van der Waals surface area (Å²) in [6, 6.07) is 10.9. The van der Waals surface area contributed by atoms with Gasteiger partial charge in [-0.15, -0.1) is 11.3 Å². The maximum Gasteiger partial charge on any atom is 0.272 e. The van der Waals surface area contributed by atoms with Crippen LogP contribution in [0.3, 0.4) is 0 Å². The first-order valence-corrected chi connectivity index (χ1v) is 8.27. The molecule has 2 aromatic heterocycles. The lowest BCUT2D eigenvalue weighted by atomic mass is 10.0. The number of carbonyl (C=O) groups excluding carboxylic acids is 1. The van der Waals surface area contributed by atoms with Gasteiger partial charge in [0.15, 0.2) is 5.69 Å². The van der Waals surface area contributed by atoms with E-state index in [0.717, 1.165) is 4.88 Å². The minimum absolute atomic E-state index is 0.0880. The van der Waals surface area contributed by atoms with Gasteiger partial charge in [0.05, 0.1) is 11.4 Å². The molecule has 5 nitrogen and oxygen atoms in total. The number of nitrogens with one attached hydrogen (secondary N) is 2. The van der Waals surface area contributed by atoms with Crippen LogP contribution in [0.2, 0.25) is 0 Å². The van der Waals surface area contributed by atoms with E-state index < -0.39 is 0 Å². The lowest BCUT2D eigenvalue weighted by molar-refractivity contribution is 0.0922. The van der Waals surface area contributed by atoms with Gasteiger partial charge >= 0.3 is 0 Å². The molecule has 1 unspecified atom stereocenters. The molecule has 0 radical (unpaired) electrons. The van der Waals surface area contributed by atoms with E-state index in [-0.39, 0.29) is 29.1 Å². The molecule has 1 atom stereocenters. The molecule has 0 saturated carbocycles. The van der Waals surface area contributed by atoms with Gasteiger partial charge in [-0.05, 0) is 23.4 Å². The number of thiophene rings is 1. The van der Waals surface area contributed by atoms with Crippen LogP contribution in [-0.4, -0.2) is 16.1 Å². The molecule has 0 aliphatic rings. The van der Waals surface area contributed by atoms with Crippen molar-refractivity contribution in [3.63, 3.8) is 0 Å². The SMILES string of the molecule is CC(C)C(NC(=O)c1n[nH]c(=O)c2ccccc12)c1cccs1. The molecule has 1 amide bonds. The van der Waals surface area contributed by atoms with Crippen molar-refractivity contribution in [1.29, 1.82) is 0 Å². The van der Waals surface area contributed by atoms with E-state index in [4.69, 9.17) is 0 Å². The topological polar surface area (TPSA) is 74.8 Å². The number of carbonyl (C=O) groups is 1. The highest BCUT2D eigenvalue weighted by molar-refractivity contribution is 7.10. The molecule has 23 heavy (non-hydrogen) atoms. The lowest BCUT2D eigenvalue weighted by Gasteiger charge is -2.21. The molecular weight excluding hydrogens is 310 g/mol. The zero-order chi connectivity index (χ0) is 16.4. The maximum atomic E-state index is 12.7. The molecule has 0 saturated heterocycles. The van der Waals surface area contributed by atoms with E-state index in [2.05, 4.69) is 29.4 Å². The summed E-state index contributed by atoms with van der Waals surface area (Å²) in [7, 11) is 0. The first-order valence-electron chi connectivity index (χ1n) is 7.39. The predicted octanol–water partition coefficient (Wildman–Crippen LogP) is 3.11. The molecule has 2 N–H and O–H groups in total. The summed E-state index contributed by atoms with van der Waals surface area (Å²) in [4.78, 5) is 25.6. The first-order chi connectivity index (χ1) is 11.1. The molecule has 2 heterocycles. The van der Waals surface area contributed by atoms with Gasteiger partial charge in [-0.25, -0.2) is 5.10 Å². The average molecular weight is 327 g/mol. The summed E-state index contributed by atoms with van der Waals surface area (Å²) in [5.74, 6) is -0.0452. The largest absolute Gasteiger partial charge is 0.343 e. The number of benzene rings is 1. The van der Waals surface area contributed by atoms with Gasteiger partial charge in [-0.3, -0.25) is 9.59 Å². The van der Waals surface area contributed by atoms with Crippen LogP contribution in [0, 0.1) is 5.92 Å². The number of fused-ring (bicyclic) bond motifs is 1. The number of hydrogen-bond acceptors (Lipinski definition) is 4. The molecule has 0 bridgehead atoms. The van der Waals surface area contributed by atoms with Crippen LogP contribution in [0.25, 0.3) is 10.8 Å². The highest BCUT2D eigenvalue weighted by atomic mass is 32.1.